The monoisotopic (exact) mass is 229 g/mol. The van der Waals surface area contributed by atoms with Gasteiger partial charge in [-0.3, -0.25) is 4.90 Å². The summed E-state index contributed by atoms with van der Waals surface area (Å²) >= 11 is 0. The molecule has 0 saturated heterocycles. The second-order valence-electron chi connectivity index (χ2n) is 4.22. The molecule has 0 saturated carbocycles. The van der Waals surface area contributed by atoms with E-state index in [1.165, 1.54) is 12.8 Å². The van der Waals surface area contributed by atoms with Gasteiger partial charge in [0, 0.05) is 6.54 Å². The van der Waals surface area contributed by atoms with Crippen molar-refractivity contribution in [1.29, 1.82) is 0 Å². The van der Waals surface area contributed by atoms with Gasteiger partial charge in [0.25, 0.3) is 0 Å². The third-order valence-electron chi connectivity index (χ3n) is 3.34. The zero-order valence-corrected chi connectivity index (χ0v) is 11.1. The number of rotatable bonds is 8. The maximum atomic E-state index is 8.77. The summed E-state index contributed by atoms with van der Waals surface area (Å²) in [4.78, 5) is 2.30. The van der Waals surface area contributed by atoms with Gasteiger partial charge in [-0.05, 0) is 18.9 Å². The van der Waals surface area contributed by atoms with E-state index < -0.39 is 0 Å². The Morgan fingerprint density at radius 1 is 1.19 bits per heavy atom. The van der Waals surface area contributed by atoms with Crippen molar-refractivity contribution < 1.29 is 5.21 Å². The van der Waals surface area contributed by atoms with Crippen LogP contribution in [0.15, 0.2) is 5.16 Å². The average molecular weight is 229 g/mol. The lowest BCUT2D eigenvalue weighted by atomic mass is 10.0. The smallest absolute Gasteiger partial charge is 0.156 e. The van der Waals surface area contributed by atoms with Gasteiger partial charge in [0.15, 0.2) is 5.84 Å². The van der Waals surface area contributed by atoms with E-state index in [0.717, 1.165) is 19.5 Å². The Balaban J connectivity index is 4.55. The molecule has 0 aliphatic rings. The van der Waals surface area contributed by atoms with E-state index in [2.05, 4.69) is 37.8 Å². The van der Waals surface area contributed by atoms with E-state index in [4.69, 9.17) is 10.9 Å². The normalized spacial score (nSPS) is 14.8. The van der Waals surface area contributed by atoms with Crippen LogP contribution in [0.1, 0.15) is 47.0 Å². The van der Waals surface area contributed by atoms with Gasteiger partial charge in [-0.1, -0.05) is 45.7 Å². The van der Waals surface area contributed by atoms with Gasteiger partial charge in [-0.15, -0.1) is 0 Å². The zero-order chi connectivity index (χ0) is 12.6. The highest BCUT2D eigenvalue weighted by atomic mass is 16.4. The Morgan fingerprint density at radius 3 is 2.06 bits per heavy atom. The lowest BCUT2D eigenvalue weighted by Gasteiger charge is -2.31. The molecule has 0 rings (SSSR count). The molecule has 0 radical (unpaired) electrons. The zero-order valence-electron chi connectivity index (χ0n) is 11.1. The van der Waals surface area contributed by atoms with Crippen molar-refractivity contribution in [2.24, 2.45) is 16.8 Å². The Hall–Kier alpha value is -0.770. The molecule has 0 bridgehead atoms. The van der Waals surface area contributed by atoms with Gasteiger partial charge in [-0.2, -0.15) is 0 Å². The van der Waals surface area contributed by atoms with Crippen LogP contribution in [0.5, 0.6) is 0 Å². The van der Waals surface area contributed by atoms with E-state index in [-0.39, 0.29) is 6.04 Å². The first-order valence-electron chi connectivity index (χ1n) is 6.35. The van der Waals surface area contributed by atoms with Gasteiger partial charge >= 0.3 is 0 Å². The van der Waals surface area contributed by atoms with E-state index >= 15 is 0 Å². The quantitative estimate of drug-likeness (QED) is 0.290. The van der Waals surface area contributed by atoms with Crippen LogP contribution >= 0.6 is 0 Å². The summed E-state index contributed by atoms with van der Waals surface area (Å²) in [7, 11) is 0. The maximum Gasteiger partial charge on any atom is 0.156 e. The van der Waals surface area contributed by atoms with Crippen LogP contribution in [-0.2, 0) is 0 Å². The van der Waals surface area contributed by atoms with E-state index in [1.807, 2.05) is 0 Å². The molecule has 1 unspecified atom stereocenters. The van der Waals surface area contributed by atoms with Gasteiger partial charge in [0.2, 0.25) is 0 Å². The highest BCUT2D eigenvalue weighted by Gasteiger charge is 2.21. The molecule has 3 N–H and O–H groups in total. The second-order valence-corrected chi connectivity index (χ2v) is 4.22. The molecule has 0 aliphatic heterocycles. The Labute approximate surface area is 99.5 Å². The van der Waals surface area contributed by atoms with Crippen LogP contribution in [0.25, 0.3) is 0 Å². The predicted molar refractivity (Wildman–Crippen MR) is 68.8 cm³/mol. The molecule has 0 aliphatic carbocycles. The summed E-state index contributed by atoms with van der Waals surface area (Å²) in [6.07, 6.45) is 3.24. The highest BCUT2D eigenvalue weighted by molar-refractivity contribution is 5.85. The van der Waals surface area contributed by atoms with E-state index in [0.29, 0.717) is 11.8 Å². The highest BCUT2D eigenvalue weighted by Crippen LogP contribution is 2.13. The Morgan fingerprint density at radius 2 is 1.75 bits per heavy atom. The summed E-state index contributed by atoms with van der Waals surface area (Å²) in [6, 6.07) is 0.0654. The molecule has 0 aromatic heterocycles. The van der Waals surface area contributed by atoms with Crippen LogP contribution in [-0.4, -0.2) is 35.1 Å². The summed E-state index contributed by atoms with van der Waals surface area (Å²) < 4.78 is 0. The Bertz CT molecular complexity index is 202. The van der Waals surface area contributed by atoms with Crippen LogP contribution < -0.4 is 5.73 Å². The van der Waals surface area contributed by atoms with Crippen molar-refractivity contribution in [3.8, 4) is 0 Å². The molecular formula is C12H27N3O. The van der Waals surface area contributed by atoms with E-state index in [9.17, 15) is 0 Å². The fraction of sp³-hybridized carbons (Fsp3) is 0.917. The standard InChI is InChI=1S/C12H27N3O/c1-5-10(6-2)9-15(8-4)11(7-3)12(13)14-16/h10-11,16H,5-9H2,1-4H3,(H2,13,14). The number of nitrogens with two attached hydrogens (primary N) is 1. The summed E-state index contributed by atoms with van der Waals surface area (Å²) in [6.45, 7) is 10.6. The third kappa shape index (κ3) is 4.39. The van der Waals surface area contributed by atoms with Gasteiger partial charge in [0.1, 0.15) is 0 Å². The molecule has 16 heavy (non-hydrogen) atoms. The molecule has 0 amide bonds. The first-order valence-corrected chi connectivity index (χ1v) is 6.35. The van der Waals surface area contributed by atoms with Crippen molar-refractivity contribution in [1.82, 2.24) is 4.90 Å². The van der Waals surface area contributed by atoms with Crippen LogP contribution in [0, 0.1) is 5.92 Å². The molecule has 96 valence electrons. The molecule has 1 atom stereocenters. The first kappa shape index (κ1) is 15.2. The van der Waals surface area contributed by atoms with Gasteiger partial charge in [0.05, 0.1) is 6.04 Å². The molecule has 0 heterocycles. The van der Waals surface area contributed by atoms with Crippen molar-refractivity contribution in [3.05, 3.63) is 0 Å². The van der Waals surface area contributed by atoms with Gasteiger partial charge in [-0.25, -0.2) is 0 Å². The summed E-state index contributed by atoms with van der Waals surface area (Å²) in [5, 5.41) is 11.9. The van der Waals surface area contributed by atoms with Crippen molar-refractivity contribution in [2.45, 2.75) is 53.0 Å². The number of hydrogen-bond donors (Lipinski definition) is 2. The molecular weight excluding hydrogens is 202 g/mol. The van der Waals surface area contributed by atoms with E-state index in [1.54, 1.807) is 0 Å². The molecule has 0 fully saturated rings. The second kappa shape index (κ2) is 8.39. The number of oxime groups is 1. The molecule has 4 heteroatoms. The maximum absolute atomic E-state index is 8.77. The molecule has 4 nitrogen and oxygen atoms in total. The number of likely N-dealkylation sites (N-methyl/N-ethyl adjacent to an activating group) is 1. The largest absolute Gasteiger partial charge is 0.409 e. The molecule has 0 aromatic carbocycles. The topological polar surface area (TPSA) is 61.8 Å². The average Bonchev–Trinajstić information content (AvgIpc) is 2.33. The SMILES string of the molecule is CCC(CC)CN(CC)C(CC)C(N)=NO. The fourth-order valence-electron chi connectivity index (χ4n) is 2.08. The van der Waals surface area contributed by atoms with Crippen molar-refractivity contribution >= 4 is 5.84 Å². The van der Waals surface area contributed by atoms with Gasteiger partial charge < -0.3 is 10.9 Å². The Kier molecular flexibility index (Phi) is 7.99. The predicted octanol–water partition coefficient (Wildman–Crippen LogP) is 2.27. The lowest BCUT2D eigenvalue weighted by Crippen LogP contribution is -2.46. The van der Waals surface area contributed by atoms with Crippen LogP contribution in [0.4, 0.5) is 0 Å². The number of hydrogen-bond acceptors (Lipinski definition) is 3. The lowest BCUT2D eigenvalue weighted by molar-refractivity contribution is 0.198. The molecule has 0 aromatic rings. The number of amidine groups is 1. The minimum Gasteiger partial charge on any atom is -0.409 e. The fourth-order valence-corrected chi connectivity index (χ4v) is 2.08. The first-order chi connectivity index (χ1) is 7.64. The number of nitrogens with zero attached hydrogens (tertiary/aromatic N) is 2. The minimum absolute atomic E-state index is 0.0654. The minimum atomic E-state index is 0.0654. The molecule has 0 spiro atoms. The van der Waals surface area contributed by atoms with Crippen molar-refractivity contribution in [3.63, 3.8) is 0 Å². The summed E-state index contributed by atoms with van der Waals surface area (Å²) in [5.74, 6) is 1.02. The third-order valence-corrected chi connectivity index (χ3v) is 3.34. The van der Waals surface area contributed by atoms with Crippen molar-refractivity contribution in [2.75, 3.05) is 13.1 Å². The van der Waals surface area contributed by atoms with Crippen LogP contribution in [0.2, 0.25) is 0 Å². The van der Waals surface area contributed by atoms with Crippen LogP contribution in [0.3, 0.4) is 0 Å². The summed E-state index contributed by atoms with van der Waals surface area (Å²) in [5.41, 5.74) is 5.72.